The average Bonchev–Trinajstić information content (AvgIpc) is 2.53. The van der Waals surface area contributed by atoms with Gasteiger partial charge in [-0.05, 0) is 32.7 Å². The van der Waals surface area contributed by atoms with Crippen molar-refractivity contribution in [1.29, 1.82) is 0 Å². The van der Waals surface area contributed by atoms with E-state index in [-0.39, 0.29) is 0 Å². The van der Waals surface area contributed by atoms with Crippen molar-refractivity contribution < 1.29 is 0 Å². The monoisotopic (exact) mass is 227 g/mol. The van der Waals surface area contributed by atoms with E-state index in [0.29, 0.717) is 6.04 Å². The van der Waals surface area contributed by atoms with E-state index in [4.69, 9.17) is 11.6 Å². The van der Waals surface area contributed by atoms with Crippen molar-refractivity contribution in [2.24, 2.45) is 5.92 Å². The second-order valence-electron chi connectivity index (χ2n) is 4.15. The second-order valence-corrected chi connectivity index (χ2v) is 4.56. The molecule has 1 fully saturated rings. The number of halogens is 1. The minimum Gasteiger partial charge on any atom is -0.311 e. The molecule has 0 spiro atoms. The standard InChI is InChI=1S/C11H18ClN3/c1-3-15-11(9(12)7-14-15)10(13-2)8-5-4-6-8/h7-8,10,13H,3-6H2,1-2H3. The Morgan fingerprint density at radius 1 is 1.67 bits per heavy atom. The van der Waals surface area contributed by atoms with Gasteiger partial charge in [-0.2, -0.15) is 5.10 Å². The first kappa shape index (κ1) is 11.0. The fourth-order valence-corrected chi connectivity index (χ4v) is 2.56. The molecule has 0 saturated heterocycles. The molecule has 0 aliphatic heterocycles. The molecule has 0 aromatic carbocycles. The van der Waals surface area contributed by atoms with E-state index in [1.54, 1.807) is 6.20 Å². The summed E-state index contributed by atoms with van der Waals surface area (Å²) in [5, 5.41) is 8.46. The van der Waals surface area contributed by atoms with Gasteiger partial charge in [0.25, 0.3) is 0 Å². The van der Waals surface area contributed by atoms with Crippen molar-refractivity contribution >= 4 is 11.6 Å². The molecule has 2 rings (SSSR count). The average molecular weight is 228 g/mol. The van der Waals surface area contributed by atoms with Gasteiger partial charge in [0.15, 0.2) is 0 Å². The van der Waals surface area contributed by atoms with Gasteiger partial charge in [-0.15, -0.1) is 0 Å². The summed E-state index contributed by atoms with van der Waals surface area (Å²) in [5.74, 6) is 0.731. The number of aryl methyl sites for hydroxylation is 1. The van der Waals surface area contributed by atoms with Crippen LogP contribution in [0.3, 0.4) is 0 Å². The molecular formula is C11H18ClN3. The summed E-state index contributed by atoms with van der Waals surface area (Å²) in [5.41, 5.74) is 1.16. The number of hydrogen-bond donors (Lipinski definition) is 1. The van der Waals surface area contributed by atoms with Crippen molar-refractivity contribution in [3.8, 4) is 0 Å². The third-order valence-corrected chi connectivity index (χ3v) is 3.65. The molecule has 1 aliphatic rings. The molecule has 1 heterocycles. The summed E-state index contributed by atoms with van der Waals surface area (Å²) in [7, 11) is 2.01. The lowest BCUT2D eigenvalue weighted by molar-refractivity contribution is 0.230. The van der Waals surface area contributed by atoms with Crippen LogP contribution in [0, 0.1) is 5.92 Å². The predicted octanol–water partition coefficient (Wildman–Crippen LogP) is 2.62. The Kier molecular flexibility index (Phi) is 3.32. The number of aromatic nitrogens is 2. The van der Waals surface area contributed by atoms with Crippen LogP contribution in [-0.4, -0.2) is 16.8 Å². The molecular weight excluding hydrogens is 210 g/mol. The first-order valence-corrected chi connectivity index (χ1v) is 6.04. The van der Waals surface area contributed by atoms with Crippen molar-refractivity contribution in [1.82, 2.24) is 15.1 Å². The zero-order valence-corrected chi connectivity index (χ0v) is 10.1. The molecule has 4 heteroatoms. The Hall–Kier alpha value is -0.540. The smallest absolute Gasteiger partial charge is 0.0834 e. The van der Waals surface area contributed by atoms with Crippen LogP contribution in [0.25, 0.3) is 0 Å². The van der Waals surface area contributed by atoms with Gasteiger partial charge >= 0.3 is 0 Å². The third-order valence-electron chi connectivity index (χ3n) is 3.36. The minimum absolute atomic E-state index is 0.369. The summed E-state index contributed by atoms with van der Waals surface area (Å²) in [6.07, 6.45) is 5.71. The van der Waals surface area contributed by atoms with E-state index in [1.807, 2.05) is 11.7 Å². The molecule has 0 amide bonds. The molecule has 1 aromatic heterocycles. The lowest BCUT2D eigenvalue weighted by atomic mass is 9.78. The van der Waals surface area contributed by atoms with Gasteiger partial charge in [0.1, 0.15) is 0 Å². The van der Waals surface area contributed by atoms with Gasteiger partial charge in [-0.1, -0.05) is 18.0 Å². The SMILES string of the molecule is CCn1ncc(Cl)c1C(NC)C1CCC1. The zero-order chi connectivity index (χ0) is 10.8. The van der Waals surface area contributed by atoms with Crippen molar-refractivity contribution in [2.45, 2.75) is 38.8 Å². The maximum absolute atomic E-state index is 6.20. The topological polar surface area (TPSA) is 29.9 Å². The molecule has 0 radical (unpaired) electrons. The van der Waals surface area contributed by atoms with Gasteiger partial charge in [0.2, 0.25) is 0 Å². The molecule has 1 atom stereocenters. The molecule has 84 valence electrons. The van der Waals surface area contributed by atoms with Crippen molar-refractivity contribution in [3.05, 3.63) is 16.9 Å². The summed E-state index contributed by atoms with van der Waals surface area (Å²) in [6, 6.07) is 0.369. The van der Waals surface area contributed by atoms with Gasteiger partial charge in [0.05, 0.1) is 23.0 Å². The van der Waals surface area contributed by atoms with Crippen LogP contribution in [0.1, 0.15) is 37.9 Å². The molecule has 0 bridgehead atoms. The fraction of sp³-hybridized carbons (Fsp3) is 0.727. The molecule has 15 heavy (non-hydrogen) atoms. The number of nitrogens with zero attached hydrogens (tertiary/aromatic N) is 2. The Morgan fingerprint density at radius 2 is 2.40 bits per heavy atom. The maximum atomic E-state index is 6.20. The minimum atomic E-state index is 0.369. The highest BCUT2D eigenvalue weighted by Crippen LogP contribution is 2.39. The summed E-state index contributed by atoms with van der Waals surface area (Å²) in [6.45, 7) is 2.98. The number of rotatable bonds is 4. The lowest BCUT2D eigenvalue weighted by Gasteiger charge is -2.34. The highest BCUT2D eigenvalue weighted by molar-refractivity contribution is 6.31. The predicted molar refractivity (Wildman–Crippen MR) is 62.1 cm³/mol. The van der Waals surface area contributed by atoms with E-state index in [2.05, 4.69) is 17.3 Å². The first-order valence-electron chi connectivity index (χ1n) is 5.66. The highest BCUT2D eigenvalue weighted by atomic mass is 35.5. The molecule has 1 N–H and O–H groups in total. The van der Waals surface area contributed by atoms with E-state index in [0.717, 1.165) is 23.2 Å². The van der Waals surface area contributed by atoms with E-state index < -0.39 is 0 Å². The van der Waals surface area contributed by atoms with E-state index in [9.17, 15) is 0 Å². The van der Waals surface area contributed by atoms with Gasteiger partial charge < -0.3 is 5.32 Å². The van der Waals surface area contributed by atoms with E-state index in [1.165, 1.54) is 19.3 Å². The third kappa shape index (κ3) is 1.91. The maximum Gasteiger partial charge on any atom is 0.0834 e. The van der Waals surface area contributed by atoms with Crippen LogP contribution < -0.4 is 5.32 Å². The molecule has 3 nitrogen and oxygen atoms in total. The van der Waals surface area contributed by atoms with Gasteiger partial charge in [-0.25, -0.2) is 0 Å². The van der Waals surface area contributed by atoms with Crippen LogP contribution in [0.5, 0.6) is 0 Å². The normalized spacial score (nSPS) is 18.9. The number of hydrogen-bond acceptors (Lipinski definition) is 2. The van der Waals surface area contributed by atoms with Gasteiger partial charge in [-0.3, -0.25) is 4.68 Å². The summed E-state index contributed by atoms with van der Waals surface area (Å²) in [4.78, 5) is 0. The largest absolute Gasteiger partial charge is 0.311 e. The molecule has 1 saturated carbocycles. The van der Waals surface area contributed by atoms with Crippen molar-refractivity contribution in [2.75, 3.05) is 7.05 Å². The Balaban J connectivity index is 2.27. The van der Waals surface area contributed by atoms with Crippen molar-refractivity contribution in [3.63, 3.8) is 0 Å². The van der Waals surface area contributed by atoms with Crippen LogP contribution >= 0.6 is 11.6 Å². The summed E-state index contributed by atoms with van der Waals surface area (Å²) >= 11 is 6.20. The molecule has 1 aliphatic carbocycles. The Bertz CT molecular complexity index is 331. The second kappa shape index (κ2) is 4.54. The quantitative estimate of drug-likeness (QED) is 0.857. The van der Waals surface area contributed by atoms with E-state index >= 15 is 0 Å². The fourth-order valence-electron chi connectivity index (χ4n) is 2.30. The van der Waals surface area contributed by atoms with Crippen LogP contribution in [0.15, 0.2) is 6.20 Å². The van der Waals surface area contributed by atoms with Crippen LogP contribution in [0.4, 0.5) is 0 Å². The first-order chi connectivity index (χ1) is 7.27. The Labute approximate surface area is 95.8 Å². The zero-order valence-electron chi connectivity index (χ0n) is 9.33. The number of nitrogens with one attached hydrogen (secondary N) is 1. The lowest BCUT2D eigenvalue weighted by Crippen LogP contribution is -2.31. The summed E-state index contributed by atoms with van der Waals surface area (Å²) < 4.78 is 2.00. The molecule has 1 aromatic rings. The molecule has 1 unspecified atom stereocenters. The van der Waals surface area contributed by atoms with Crippen LogP contribution in [-0.2, 0) is 6.54 Å². The Morgan fingerprint density at radius 3 is 2.87 bits per heavy atom. The van der Waals surface area contributed by atoms with Gasteiger partial charge in [0, 0.05) is 6.54 Å². The van der Waals surface area contributed by atoms with Crippen LogP contribution in [0.2, 0.25) is 5.02 Å². The highest BCUT2D eigenvalue weighted by Gasteiger charge is 2.30.